The Labute approximate surface area is 170 Å². The first-order valence-electron chi connectivity index (χ1n) is 9.14. The van der Waals surface area contributed by atoms with Crippen LogP contribution in [0.2, 0.25) is 0 Å². The lowest BCUT2D eigenvalue weighted by molar-refractivity contribution is 0.0316. The zero-order valence-corrected chi connectivity index (χ0v) is 17.6. The minimum atomic E-state index is -0.827. The first-order valence-corrected chi connectivity index (χ1v) is 9.96. The van der Waals surface area contributed by atoms with Crippen LogP contribution in [0.1, 0.15) is 69.7 Å². The quantitative estimate of drug-likeness (QED) is 0.604. The van der Waals surface area contributed by atoms with Gasteiger partial charge >= 0.3 is 11.9 Å². The second-order valence-electron chi connectivity index (χ2n) is 6.37. The number of carbonyl (C=O) groups is 2. The van der Waals surface area contributed by atoms with Crippen LogP contribution in [-0.4, -0.2) is 33.7 Å². The molecule has 29 heavy (non-hydrogen) atoms. The van der Waals surface area contributed by atoms with Gasteiger partial charge in [0.2, 0.25) is 0 Å². The molecular weight excluding hydrogens is 398 g/mol. The van der Waals surface area contributed by atoms with Crippen molar-refractivity contribution in [3.05, 3.63) is 43.6 Å². The van der Waals surface area contributed by atoms with Crippen LogP contribution >= 0.6 is 11.3 Å². The molecule has 3 heterocycles. The van der Waals surface area contributed by atoms with Gasteiger partial charge in [0.05, 0.1) is 17.7 Å². The highest BCUT2D eigenvalue weighted by Crippen LogP contribution is 2.29. The van der Waals surface area contributed by atoms with Crippen molar-refractivity contribution in [2.75, 3.05) is 6.61 Å². The van der Waals surface area contributed by atoms with Crippen LogP contribution in [0.25, 0.3) is 10.2 Å². The van der Waals surface area contributed by atoms with Gasteiger partial charge in [-0.15, -0.1) is 11.3 Å². The van der Waals surface area contributed by atoms with Crippen LogP contribution in [0.15, 0.2) is 9.32 Å². The van der Waals surface area contributed by atoms with E-state index >= 15 is 0 Å². The van der Waals surface area contributed by atoms with Crippen LogP contribution in [0, 0.1) is 13.8 Å². The molecule has 1 unspecified atom stereocenters. The van der Waals surface area contributed by atoms with Crippen LogP contribution < -0.4 is 5.56 Å². The number of nitrogens with zero attached hydrogens (tertiary/aromatic N) is 2. The number of esters is 2. The van der Waals surface area contributed by atoms with Crippen molar-refractivity contribution in [2.45, 2.75) is 47.1 Å². The van der Waals surface area contributed by atoms with Crippen molar-refractivity contribution in [2.24, 2.45) is 0 Å². The summed E-state index contributed by atoms with van der Waals surface area (Å²) in [6, 6.07) is 0. The maximum Gasteiger partial charge on any atom is 0.348 e. The third kappa shape index (κ3) is 3.80. The number of aromatic amines is 1. The Bertz CT molecular complexity index is 1140. The minimum Gasteiger partial charge on any atom is -0.462 e. The number of rotatable bonds is 6. The SMILES string of the molecule is CCOC(=O)c1sc2nc(C(C)OC(=O)c3c(CC)noc3C)[nH]c(=O)c2c1C. The Morgan fingerprint density at radius 1 is 1.24 bits per heavy atom. The van der Waals surface area contributed by atoms with Gasteiger partial charge in [-0.25, -0.2) is 14.6 Å². The molecular formula is C19H21N3O6S. The first-order chi connectivity index (χ1) is 13.8. The van der Waals surface area contributed by atoms with Gasteiger partial charge in [-0.1, -0.05) is 12.1 Å². The third-order valence-corrected chi connectivity index (χ3v) is 5.59. The summed E-state index contributed by atoms with van der Waals surface area (Å²) >= 11 is 1.07. The Morgan fingerprint density at radius 3 is 2.62 bits per heavy atom. The van der Waals surface area contributed by atoms with Crippen molar-refractivity contribution in [3.63, 3.8) is 0 Å². The van der Waals surface area contributed by atoms with Gasteiger partial charge < -0.3 is 19.0 Å². The summed E-state index contributed by atoms with van der Waals surface area (Å²) in [5, 5.41) is 4.17. The Morgan fingerprint density at radius 2 is 1.97 bits per heavy atom. The van der Waals surface area contributed by atoms with E-state index in [9.17, 15) is 14.4 Å². The molecule has 10 heteroatoms. The molecule has 0 aliphatic rings. The molecule has 0 aromatic carbocycles. The predicted molar refractivity (Wildman–Crippen MR) is 105 cm³/mol. The molecule has 1 N–H and O–H groups in total. The number of aromatic nitrogens is 3. The minimum absolute atomic E-state index is 0.180. The topological polar surface area (TPSA) is 124 Å². The zero-order valence-electron chi connectivity index (χ0n) is 16.7. The van der Waals surface area contributed by atoms with E-state index in [1.807, 2.05) is 6.92 Å². The van der Waals surface area contributed by atoms with Crippen LogP contribution in [-0.2, 0) is 15.9 Å². The first kappa shape index (κ1) is 20.7. The standard InChI is InChI=1S/C19H21N3O6S/c1-6-11-13(9(4)28-22-11)18(24)27-10(5)15-20-16(23)12-8(3)14(19(25)26-7-2)29-17(12)21-15/h10H,6-7H2,1-5H3,(H,20,21,23). The number of nitrogens with one attached hydrogen (secondary N) is 1. The van der Waals surface area contributed by atoms with Gasteiger partial charge in [-0.05, 0) is 39.7 Å². The van der Waals surface area contributed by atoms with Crippen LogP contribution in [0.3, 0.4) is 0 Å². The molecule has 154 valence electrons. The number of aryl methyl sites for hydroxylation is 3. The molecule has 0 radical (unpaired) electrons. The summed E-state index contributed by atoms with van der Waals surface area (Å²) in [6.07, 6.45) is -0.311. The van der Waals surface area contributed by atoms with Gasteiger partial charge in [-0.3, -0.25) is 4.79 Å². The van der Waals surface area contributed by atoms with E-state index in [0.717, 1.165) is 11.3 Å². The normalized spacial score (nSPS) is 12.2. The molecule has 0 aliphatic carbocycles. The van der Waals surface area contributed by atoms with Crippen LogP contribution in [0.4, 0.5) is 0 Å². The molecule has 0 amide bonds. The Hall–Kier alpha value is -3.01. The summed E-state index contributed by atoms with van der Waals surface area (Å²) in [5.74, 6) is -0.558. The van der Waals surface area contributed by atoms with Gasteiger partial charge in [0.15, 0.2) is 11.9 Å². The van der Waals surface area contributed by atoms with Gasteiger partial charge in [0, 0.05) is 0 Å². The maximum atomic E-state index is 12.6. The zero-order chi connectivity index (χ0) is 21.3. The van der Waals surface area contributed by atoms with E-state index in [1.165, 1.54) is 0 Å². The maximum absolute atomic E-state index is 12.6. The Balaban J connectivity index is 1.93. The molecule has 1 atom stereocenters. The van der Waals surface area contributed by atoms with Crippen molar-refractivity contribution < 1.29 is 23.6 Å². The molecule has 9 nitrogen and oxygen atoms in total. The second kappa shape index (κ2) is 8.16. The lowest BCUT2D eigenvalue weighted by Gasteiger charge is -2.12. The largest absolute Gasteiger partial charge is 0.462 e. The number of hydrogen-bond acceptors (Lipinski definition) is 9. The van der Waals surface area contributed by atoms with Crippen molar-refractivity contribution in [1.29, 1.82) is 0 Å². The number of fused-ring (bicyclic) bond motifs is 1. The van der Waals surface area contributed by atoms with E-state index in [4.69, 9.17) is 14.0 Å². The van der Waals surface area contributed by atoms with Crippen LogP contribution in [0.5, 0.6) is 0 Å². The number of ether oxygens (including phenoxy) is 2. The van der Waals surface area contributed by atoms with Crippen molar-refractivity contribution in [3.8, 4) is 0 Å². The van der Waals surface area contributed by atoms with E-state index in [0.29, 0.717) is 38.5 Å². The summed E-state index contributed by atoms with van der Waals surface area (Å²) in [7, 11) is 0. The average Bonchev–Trinajstić information content (AvgIpc) is 3.21. The summed E-state index contributed by atoms with van der Waals surface area (Å²) in [6.45, 7) is 8.70. The van der Waals surface area contributed by atoms with Crippen molar-refractivity contribution in [1.82, 2.24) is 15.1 Å². The van der Waals surface area contributed by atoms with E-state index < -0.39 is 23.6 Å². The van der Waals surface area contributed by atoms with Gasteiger partial charge in [0.25, 0.3) is 5.56 Å². The lowest BCUT2D eigenvalue weighted by Crippen LogP contribution is -2.18. The molecule has 0 bridgehead atoms. The second-order valence-corrected chi connectivity index (χ2v) is 7.37. The molecule has 0 saturated carbocycles. The fraction of sp³-hybridized carbons (Fsp3) is 0.421. The number of hydrogen-bond donors (Lipinski definition) is 1. The average molecular weight is 419 g/mol. The van der Waals surface area contributed by atoms with Gasteiger partial charge in [0.1, 0.15) is 21.0 Å². The highest BCUT2D eigenvalue weighted by molar-refractivity contribution is 7.20. The Kier molecular flexibility index (Phi) is 5.83. The number of thiophene rings is 1. The molecule has 0 spiro atoms. The summed E-state index contributed by atoms with van der Waals surface area (Å²) in [5.41, 5.74) is 0.887. The van der Waals surface area contributed by atoms with E-state index in [-0.39, 0.29) is 18.0 Å². The highest BCUT2D eigenvalue weighted by atomic mass is 32.1. The lowest BCUT2D eigenvalue weighted by atomic mass is 10.1. The smallest absolute Gasteiger partial charge is 0.348 e. The molecule has 0 saturated heterocycles. The third-order valence-electron chi connectivity index (χ3n) is 4.42. The molecule has 3 rings (SSSR count). The van der Waals surface area contributed by atoms with Crippen molar-refractivity contribution >= 4 is 33.5 Å². The molecule has 0 aliphatic heterocycles. The predicted octanol–water partition coefficient (Wildman–Crippen LogP) is 3.25. The fourth-order valence-corrected chi connectivity index (χ4v) is 4.02. The molecule has 3 aromatic heterocycles. The van der Waals surface area contributed by atoms with E-state index in [2.05, 4.69) is 15.1 Å². The van der Waals surface area contributed by atoms with E-state index in [1.54, 1.807) is 27.7 Å². The monoisotopic (exact) mass is 419 g/mol. The molecule has 0 fully saturated rings. The number of H-pyrrole nitrogens is 1. The summed E-state index contributed by atoms with van der Waals surface area (Å²) < 4.78 is 15.6. The number of carbonyl (C=O) groups excluding carboxylic acids is 2. The fourth-order valence-electron chi connectivity index (χ4n) is 2.94. The highest BCUT2D eigenvalue weighted by Gasteiger charge is 2.25. The molecule has 3 aromatic rings. The summed E-state index contributed by atoms with van der Waals surface area (Å²) in [4.78, 5) is 45.0. The van der Waals surface area contributed by atoms with Gasteiger partial charge in [-0.2, -0.15) is 0 Å².